The molecular formula is C21H19BrMgO. The van der Waals surface area contributed by atoms with Crippen molar-refractivity contribution in [3.63, 3.8) is 0 Å². The quantitative estimate of drug-likeness (QED) is 0.474. The Morgan fingerprint density at radius 1 is 0.875 bits per heavy atom. The van der Waals surface area contributed by atoms with E-state index < -0.39 is 0 Å². The summed E-state index contributed by atoms with van der Waals surface area (Å²) < 4.78 is 5.81. The molecule has 3 heteroatoms. The van der Waals surface area contributed by atoms with E-state index in [9.17, 15) is 0 Å². The summed E-state index contributed by atoms with van der Waals surface area (Å²) >= 11 is 0. The van der Waals surface area contributed by atoms with E-state index in [0.29, 0.717) is 6.61 Å². The summed E-state index contributed by atoms with van der Waals surface area (Å²) in [7, 11) is 0. The number of hydrogen-bond donors (Lipinski definition) is 0. The Kier molecular flexibility index (Phi) is 9.12. The van der Waals surface area contributed by atoms with E-state index in [0.717, 1.165) is 12.2 Å². The molecule has 0 saturated carbocycles. The van der Waals surface area contributed by atoms with Gasteiger partial charge in [-0.1, -0.05) is 55.0 Å². The molecule has 0 unspecified atom stereocenters. The Labute approximate surface area is 171 Å². The van der Waals surface area contributed by atoms with Crippen LogP contribution in [0.1, 0.15) is 22.3 Å². The summed E-state index contributed by atoms with van der Waals surface area (Å²) in [5.41, 5.74) is 5.10. The zero-order valence-electron chi connectivity index (χ0n) is 13.8. The van der Waals surface area contributed by atoms with Gasteiger partial charge in [0.15, 0.2) is 0 Å². The average molecular weight is 392 g/mol. The van der Waals surface area contributed by atoms with Crippen molar-refractivity contribution in [2.75, 3.05) is 0 Å². The predicted molar refractivity (Wildman–Crippen MR) is 95.8 cm³/mol. The molecule has 0 bridgehead atoms. The number of ether oxygens (including phenoxy) is 1. The summed E-state index contributed by atoms with van der Waals surface area (Å²) in [5, 5.41) is 0. The molecule has 0 fully saturated rings. The van der Waals surface area contributed by atoms with Gasteiger partial charge in [-0.25, -0.2) is 0 Å². The molecule has 3 rings (SSSR count). The zero-order valence-corrected chi connectivity index (χ0v) is 16.8. The summed E-state index contributed by atoms with van der Waals surface area (Å²) in [5.74, 6) is 0.906. The molecule has 0 atom stereocenters. The van der Waals surface area contributed by atoms with E-state index in [-0.39, 0.29) is 40.0 Å². The van der Waals surface area contributed by atoms with Crippen LogP contribution >= 0.6 is 0 Å². The van der Waals surface area contributed by atoms with Crippen molar-refractivity contribution in [3.05, 3.63) is 101 Å². The van der Waals surface area contributed by atoms with Crippen LogP contribution in [0.15, 0.2) is 72.8 Å². The first-order valence-electron chi connectivity index (χ1n) is 7.52. The summed E-state index contributed by atoms with van der Waals surface area (Å²) in [6, 6.07) is 27.8. The maximum Gasteiger partial charge on any atom is 2.00 e. The molecule has 0 amide bonds. The van der Waals surface area contributed by atoms with E-state index >= 15 is 0 Å². The van der Waals surface area contributed by atoms with Gasteiger partial charge in [0.2, 0.25) is 0 Å². The van der Waals surface area contributed by atoms with Crippen molar-refractivity contribution in [2.24, 2.45) is 0 Å². The fourth-order valence-corrected chi connectivity index (χ4v) is 2.40. The number of hydrogen-bond acceptors (Lipinski definition) is 1. The van der Waals surface area contributed by atoms with Crippen LogP contribution < -0.4 is 21.7 Å². The standard InChI is InChI=1S/C21H19O.BrH.Mg/c1-17-7-5-6-10-20(17)15-18-11-13-21(14-12-18)22-16-19-8-3-2-4-9-19;;/h2-5,7-14H,15-16H2,1H3;1H;/q-1;;+2/p-1. The van der Waals surface area contributed by atoms with Crippen molar-refractivity contribution in [1.82, 2.24) is 0 Å². The van der Waals surface area contributed by atoms with Gasteiger partial charge in [0, 0.05) is 0 Å². The van der Waals surface area contributed by atoms with E-state index in [1.807, 2.05) is 36.4 Å². The van der Waals surface area contributed by atoms with Crippen molar-refractivity contribution in [3.8, 4) is 5.75 Å². The van der Waals surface area contributed by atoms with E-state index in [1.165, 1.54) is 22.3 Å². The van der Waals surface area contributed by atoms with Crippen LogP contribution in [0, 0.1) is 13.0 Å². The molecule has 0 aliphatic carbocycles. The van der Waals surface area contributed by atoms with Crippen LogP contribution in [0.5, 0.6) is 5.75 Å². The first-order chi connectivity index (χ1) is 10.8. The second-order valence-corrected chi connectivity index (χ2v) is 5.45. The van der Waals surface area contributed by atoms with Gasteiger partial charge in [0.25, 0.3) is 0 Å². The summed E-state index contributed by atoms with van der Waals surface area (Å²) in [4.78, 5) is 0. The normalized spacial score (nSPS) is 9.54. The average Bonchev–Trinajstić information content (AvgIpc) is 2.57. The molecule has 3 aromatic carbocycles. The van der Waals surface area contributed by atoms with Crippen LogP contribution in [0.3, 0.4) is 0 Å². The Balaban J connectivity index is 0.00000144. The first kappa shape index (κ1) is 20.8. The van der Waals surface area contributed by atoms with Gasteiger partial charge in [0.05, 0.1) is 0 Å². The molecule has 0 radical (unpaired) electrons. The topological polar surface area (TPSA) is 9.23 Å². The van der Waals surface area contributed by atoms with Crippen LogP contribution in [0.25, 0.3) is 0 Å². The molecule has 1 nitrogen and oxygen atoms in total. The second-order valence-electron chi connectivity index (χ2n) is 5.45. The smallest absolute Gasteiger partial charge is 1.00 e. The Hall–Kier alpha value is -1.29. The number of benzene rings is 3. The minimum Gasteiger partial charge on any atom is -1.00 e. The largest absolute Gasteiger partial charge is 2.00 e. The minimum atomic E-state index is 0. The molecule has 0 aliphatic heterocycles. The summed E-state index contributed by atoms with van der Waals surface area (Å²) in [6.45, 7) is 2.74. The number of rotatable bonds is 5. The Morgan fingerprint density at radius 2 is 1.58 bits per heavy atom. The third kappa shape index (κ3) is 5.97. The van der Waals surface area contributed by atoms with Crippen molar-refractivity contribution >= 4 is 23.1 Å². The molecule has 0 heterocycles. The van der Waals surface area contributed by atoms with Gasteiger partial charge >= 0.3 is 23.1 Å². The molecular weight excluding hydrogens is 372 g/mol. The van der Waals surface area contributed by atoms with Gasteiger partial charge < -0.3 is 21.7 Å². The number of halogens is 1. The number of aryl methyl sites for hydroxylation is 1. The first-order valence-corrected chi connectivity index (χ1v) is 7.52. The third-order valence-electron chi connectivity index (χ3n) is 3.76. The maximum absolute atomic E-state index is 5.81. The molecule has 0 N–H and O–H groups in total. The van der Waals surface area contributed by atoms with Gasteiger partial charge in [-0.05, 0) is 24.1 Å². The minimum absolute atomic E-state index is 0. The predicted octanol–water partition coefficient (Wildman–Crippen LogP) is 1.59. The monoisotopic (exact) mass is 390 g/mol. The van der Waals surface area contributed by atoms with Crippen LogP contribution in [-0.4, -0.2) is 23.1 Å². The van der Waals surface area contributed by atoms with Crippen molar-refractivity contribution in [2.45, 2.75) is 20.0 Å². The van der Waals surface area contributed by atoms with Gasteiger partial charge in [-0.2, -0.15) is 29.8 Å². The molecule has 24 heavy (non-hydrogen) atoms. The molecule has 0 aliphatic rings. The molecule has 118 valence electrons. The SMILES string of the molecule is Cc1cc[c-]cc1Cc1ccc(OCc2ccccc2)cc1.[Br-].[Mg+2]. The van der Waals surface area contributed by atoms with Crippen LogP contribution in [0.2, 0.25) is 0 Å². The Bertz CT molecular complexity index is 726. The fourth-order valence-electron chi connectivity index (χ4n) is 2.40. The Morgan fingerprint density at radius 3 is 2.25 bits per heavy atom. The van der Waals surface area contributed by atoms with Crippen LogP contribution in [0.4, 0.5) is 0 Å². The molecule has 0 spiro atoms. The van der Waals surface area contributed by atoms with Crippen LogP contribution in [-0.2, 0) is 13.0 Å². The fraction of sp³-hybridized carbons (Fsp3) is 0.143. The van der Waals surface area contributed by atoms with Gasteiger partial charge in [-0.3, -0.25) is 0 Å². The van der Waals surface area contributed by atoms with Crippen molar-refractivity contribution in [1.29, 1.82) is 0 Å². The summed E-state index contributed by atoms with van der Waals surface area (Å²) in [6.07, 6.45) is 0.933. The van der Waals surface area contributed by atoms with E-state index in [4.69, 9.17) is 4.74 Å². The van der Waals surface area contributed by atoms with Gasteiger partial charge in [0.1, 0.15) is 12.4 Å². The van der Waals surface area contributed by atoms with E-state index in [2.05, 4.69) is 49.4 Å². The third-order valence-corrected chi connectivity index (χ3v) is 3.76. The molecule has 0 saturated heterocycles. The maximum atomic E-state index is 5.81. The van der Waals surface area contributed by atoms with Crippen molar-refractivity contribution < 1.29 is 21.7 Å². The van der Waals surface area contributed by atoms with E-state index in [1.54, 1.807) is 0 Å². The molecule has 3 aromatic rings. The zero-order chi connectivity index (χ0) is 15.2. The second kappa shape index (κ2) is 10.5. The molecule has 0 aromatic heterocycles. The van der Waals surface area contributed by atoms with Gasteiger partial charge in [-0.15, -0.1) is 5.56 Å².